The van der Waals surface area contributed by atoms with Gasteiger partial charge in [0.05, 0.1) is 0 Å². The Labute approximate surface area is 177 Å². The Morgan fingerprint density at radius 3 is 2.27 bits per heavy atom. The second kappa shape index (κ2) is 9.91. The van der Waals surface area contributed by atoms with E-state index >= 15 is 0 Å². The lowest BCUT2D eigenvalue weighted by atomic mass is 10.0. The van der Waals surface area contributed by atoms with Crippen molar-refractivity contribution in [3.63, 3.8) is 0 Å². The molecule has 3 amide bonds. The summed E-state index contributed by atoms with van der Waals surface area (Å²) in [5.74, 6) is -0.579. The first kappa shape index (κ1) is 22.9. The van der Waals surface area contributed by atoms with E-state index in [1.165, 1.54) is 0 Å². The first-order chi connectivity index (χ1) is 14.1. The van der Waals surface area contributed by atoms with E-state index in [4.69, 9.17) is 4.74 Å². The van der Waals surface area contributed by atoms with Gasteiger partial charge in [0, 0.05) is 24.7 Å². The third kappa shape index (κ3) is 6.92. The summed E-state index contributed by atoms with van der Waals surface area (Å²) in [5.41, 5.74) is 2.03. The van der Waals surface area contributed by atoms with E-state index < -0.39 is 17.7 Å². The van der Waals surface area contributed by atoms with E-state index in [-0.39, 0.29) is 11.8 Å². The third-order valence-electron chi connectivity index (χ3n) is 4.26. The summed E-state index contributed by atoms with van der Waals surface area (Å²) < 4.78 is 5.31. The predicted octanol–water partition coefficient (Wildman–Crippen LogP) is 3.43. The lowest BCUT2D eigenvalue weighted by Crippen LogP contribution is -2.47. The average Bonchev–Trinajstić information content (AvgIpc) is 2.67. The van der Waals surface area contributed by atoms with Gasteiger partial charge in [0.2, 0.25) is 5.91 Å². The third-order valence-corrected chi connectivity index (χ3v) is 4.26. The second-order valence-electron chi connectivity index (χ2n) is 7.99. The van der Waals surface area contributed by atoms with Crippen molar-refractivity contribution in [2.75, 3.05) is 12.4 Å². The number of hydrogen-bond donors (Lipinski definition) is 3. The van der Waals surface area contributed by atoms with E-state index in [1.54, 1.807) is 52.9 Å². The monoisotopic (exact) mass is 411 g/mol. The molecule has 0 aromatic heterocycles. The molecule has 2 aromatic carbocycles. The molecule has 0 aliphatic rings. The molecule has 0 aliphatic heterocycles. The van der Waals surface area contributed by atoms with Crippen molar-refractivity contribution in [1.29, 1.82) is 0 Å². The molecule has 160 valence electrons. The molecule has 2 rings (SSSR count). The second-order valence-corrected chi connectivity index (χ2v) is 7.99. The van der Waals surface area contributed by atoms with Crippen molar-refractivity contribution in [2.45, 2.75) is 45.8 Å². The quantitative estimate of drug-likeness (QED) is 0.678. The first-order valence-electron chi connectivity index (χ1n) is 9.76. The normalized spacial score (nSPS) is 11.9. The number of benzene rings is 2. The Hall–Kier alpha value is -3.35. The van der Waals surface area contributed by atoms with Crippen molar-refractivity contribution in [3.05, 3.63) is 65.2 Å². The highest BCUT2D eigenvalue weighted by atomic mass is 16.6. The topological polar surface area (TPSA) is 96.5 Å². The molecule has 2 aromatic rings. The van der Waals surface area contributed by atoms with Crippen LogP contribution in [-0.4, -0.2) is 36.6 Å². The van der Waals surface area contributed by atoms with Crippen LogP contribution in [0, 0.1) is 6.92 Å². The standard InChI is InChI=1S/C23H29N3O4/c1-15-13-17(20(27)24-5)11-12-18(15)25-21(28)19(14-16-9-7-6-8-10-16)26-22(29)30-23(2,3)4/h6-13,19H,14H2,1-5H3,(H,24,27)(H,25,28)(H,26,29). The van der Waals surface area contributed by atoms with Gasteiger partial charge in [-0.25, -0.2) is 4.79 Å². The van der Waals surface area contributed by atoms with Crippen LogP contribution in [0.2, 0.25) is 0 Å². The van der Waals surface area contributed by atoms with Gasteiger partial charge in [-0.15, -0.1) is 0 Å². The summed E-state index contributed by atoms with van der Waals surface area (Å²) in [6, 6.07) is 13.6. The fraction of sp³-hybridized carbons (Fsp3) is 0.348. The van der Waals surface area contributed by atoms with Crippen molar-refractivity contribution < 1.29 is 19.1 Å². The van der Waals surface area contributed by atoms with Crippen LogP contribution in [0.25, 0.3) is 0 Å². The fourth-order valence-corrected chi connectivity index (χ4v) is 2.82. The van der Waals surface area contributed by atoms with Crippen molar-refractivity contribution in [2.24, 2.45) is 0 Å². The first-order valence-corrected chi connectivity index (χ1v) is 9.76. The lowest BCUT2D eigenvalue weighted by molar-refractivity contribution is -0.118. The number of alkyl carbamates (subject to hydrolysis) is 1. The number of aryl methyl sites for hydroxylation is 1. The number of amides is 3. The molecule has 0 saturated carbocycles. The molecule has 0 saturated heterocycles. The van der Waals surface area contributed by atoms with Crippen LogP contribution in [0.4, 0.5) is 10.5 Å². The van der Waals surface area contributed by atoms with Gasteiger partial charge in [-0.2, -0.15) is 0 Å². The highest BCUT2D eigenvalue weighted by Crippen LogP contribution is 2.18. The van der Waals surface area contributed by atoms with Crippen LogP contribution in [0.3, 0.4) is 0 Å². The molecule has 1 unspecified atom stereocenters. The van der Waals surface area contributed by atoms with E-state index in [9.17, 15) is 14.4 Å². The van der Waals surface area contributed by atoms with E-state index in [2.05, 4.69) is 16.0 Å². The van der Waals surface area contributed by atoms with Gasteiger partial charge in [-0.05, 0) is 57.0 Å². The minimum Gasteiger partial charge on any atom is -0.444 e. The largest absolute Gasteiger partial charge is 0.444 e. The highest BCUT2D eigenvalue weighted by molar-refractivity contribution is 5.99. The van der Waals surface area contributed by atoms with Gasteiger partial charge in [-0.1, -0.05) is 30.3 Å². The number of rotatable bonds is 6. The van der Waals surface area contributed by atoms with Gasteiger partial charge in [0.1, 0.15) is 11.6 Å². The van der Waals surface area contributed by atoms with Crippen molar-refractivity contribution >= 4 is 23.6 Å². The molecule has 0 bridgehead atoms. The van der Waals surface area contributed by atoms with E-state index in [0.29, 0.717) is 17.7 Å². The zero-order valence-electron chi connectivity index (χ0n) is 18.0. The zero-order valence-corrected chi connectivity index (χ0v) is 18.0. The van der Waals surface area contributed by atoms with E-state index in [1.807, 2.05) is 30.3 Å². The van der Waals surface area contributed by atoms with Crippen LogP contribution in [0.1, 0.15) is 42.3 Å². The maximum absolute atomic E-state index is 13.0. The Morgan fingerprint density at radius 1 is 1.03 bits per heavy atom. The SMILES string of the molecule is CNC(=O)c1ccc(NC(=O)C(Cc2ccccc2)NC(=O)OC(C)(C)C)c(C)c1. The average molecular weight is 412 g/mol. The molecule has 7 nitrogen and oxygen atoms in total. The molecular formula is C23H29N3O4. The van der Waals surface area contributed by atoms with Gasteiger partial charge >= 0.3 is 6.09 Å². The van der Waals surface area contributed by atoms with Crippen molar-refractivity contribution in [3.8, 4) is 0 Å². The van der Waals surface area contributed by atoms with Crippen LogP contribution < -0.4 is 16.0 Å². The van der Waals surface area contributed by atoms with Gasteiger partial charge in [0.25, 0.3) is 5.91 Å². The van der Waals surface area contributed by atoms with Gasteiger partial charge in [-0.3, -0.25) is 9.59 Å². The van der Waals surface area contributed by atoms with Gasteiger partial charge < -0.3 is 20.7 Å². The maximum atomic E-state index is 13.0. The Morgan fingerprint density at radius 2 is 1.70 bits per heavy atom. The Kier molecular flexibility index (Phi) is 7.58. The fourth-order valence-electron chi connectivity index (χ4n) is 2.82. The van der Waals surface area contributed by atoms with Crippen LogP contribution >= 0.6 is 0 Å². The summed E-state index contributed by atoms with van der Waals surface area (Å²) in [5, 5.41) is 8.07. The van der Waals surface area contributed by atoms with E-state index in [0.717, 1.165) is 11.1 Å². The summed E-state index contributed by atoms with van der Waals surface area (Å²) in [7, 11) is 1.56. The minimum absolute atomic E-state index is 0.204. The van der Waals surface area contributed by atoms with Crippen LogP contribution in [0.15, 0.2) is 48.5 Å². The molecule has 0 spiro atoms. The Bertz CT molecular complexity index is 904. The number of nitrogens with one attached hydrogen (secondary N) is 3. The minimum atomic E-state index is -0.833. The smallest absolute Gasteiger partial charge is 0.408 e. The number of ether oxygens (including phenoxy) is 1. The Balaban J connectivity index is 2.19. The van der Waals surface area contributed by atoms with Crippen molar-refractivity contribution in [1.82, 2.24) is 10.6 Å². The molecule has 0 heterocycles. The molecule has 3 N–H and O–H groups in total. The number of carbonyl (C=O) groups excluding carboxylic acids is 3. The highest BCUT2D eigenvalue weighted by Gasteiger charge is 2.25. The summed E-state index contributed by atoms with van der Waals surface area (Å²) in [6.07, 6.45) is -0.355. The lowest BCUT2D eigenvalue weighted by Gasteiger charge is -2.23. The molecule has 7 heteroatoms. The number of anilines is 1. The molecule has 1 atom stereocenters. The number of hydrogen-bond acceptors (Lipinski definition) is 4. The zero-order chi connectivity index (χ0) is 22.3. The molecule has 30 heavy (non-hydrogen) atoms. The molecule has 0 radical (unpaired) electrons. The number of carbonyl (C=O) groups is 3. The molecule has 0 fully saturated rings. The summed E-state index contributed by atoms with van der Waals surface area (Å²) in [6.45, 7) is 7.08. The van der Waals surface area contributed by atoms with Crippen LogP contribution in [0.5, 0.6) is 0 Å². The molecule has 0 aliphatic carbocycles. The maximum Gasteiger partial charge on any atom is 0.408 e. The summed E-state index contributed by atoms with van der Waals surface area (Å²) in [4.78, 5) is 37.0. The van der Waals surface area contributed by atoms with Gasteiger partial charge in [0.15, 0.2) is 0 Å². The predicted molar refractivity (Wildman–Crippen MR) is 117 cm³/mol. The summed E-state index contributed by atoms with van der Waals surface area (Å²) >= 11 is 0. The molecular weight excluding hydrogens is 382 g/mol. The van der Waals surface area contributed by atoms with Crippen LogP contribution in [-0.2, 0) is 16.0 Å².